The summed E-state index contributed by atoms with van der Waals surface area (Å²) in [5.74, 6) is 1.69. The summed E-state index contributed by atoms with van der Waals surface area (Å²) in [7, 11) is 3.19. The third-order valence-electron chi connectivity index (χ3n) is 5.03. The second-order valence-electron chi connectivity index (χ2n) is 7.04. The number of hydrogen-bond donors (Lipinski definition) is 1. The number of hydrogen-bond acceptors (Lipinski definition) is 5. The minimum atomic E-state index is -0.210. The standard InChI is InChI=1S/C24H24N4O3/c1-4-13-28-23(11-12-25-28)27-24(29)18-15-20(26-19-8-6-5-7-17(18)19)16-9-10-21(30-2)22(14-16)31-3/h5-12,14-15H,4,13H2,1-3H3,(H,27,29). The number of benzene rings is 2. The van der Waals surface area contributed by atoms with Crippen molar-refractivity contribution in [3.8, 4) is 22.8 Å². The first-order chi connectivity index (χ1) is 15.1. The summed E-state index contributed by atoms with van der Waals surface area (Å²) in [6.45, 7) is 2.80. The highest BCUT2D eigenvalue weighted by Gasteiger charge is 2.16. The topological polar surface area (TPSA) is 78.3 Å². The van der Waals surface area contributed by atoms with Gasteiger partial charge in [0.1, 0.15) is 5.82 Å². The first-order valence-electron chi connectivity index (χ1n) is 10.1. The number of para-hydroxylation sites is 1. The quantitative estimate of drug-likeness (QED) is 0.469. The van der Waals surface area contributed by atoms with Crippen molar-refractivity contribution in [2.24, 2.45) is 0 Å². The number of nitrogens with zero attached hydrogens (tertiary/aromatic N) is 3. The van der Waals surface area contributed by atoms with Crippen molar-refractivity contribution in [1.82, 2.24) is 14.8 Å². The number of rotatable bonds is 7. The fourth-order valence-corrected chi connectivity index (χ4v) is 3.52. The van der Waals surface area contributed by atoms with Gasteiger partial charge in [0.15, 0.2) is 11.5 Å². The summed E-state index contributed by atoms with van der Waals surface area (Å²) in [4.78, 5) is 18.0. The molecule has 0 aliphatic heterocycles. The molecular formula is C24H24N4O3. The lowest BCUT2D eigenvalue weighted by Crippen LogP contribution is -2.16. The van der Waals surface area contributed by atoms with Gasteiger partial charge in [-0.15, -0.1) is 0 Å². The molecule has 0 fully saturated rings. The summed E-state index contributed by atoms with van der Waals surface area (Å²) in [6.07, 6.45) is 2.61. The predicted octanol–water partition coefficient (Wildman–Crippen LogP) is 4.78. The van der Waals surface area contributed by atoms with Crippen LogP contribution in [0.2, 0.25) is 0 Å². The zero-order valence-corrected chi connectivity index (χ0v) is 17.8. The molecule has 1 N–H and O–H groups in total. The molecule has 0 unspecified atom stereocenters. The lowest BCUT2D eigenvalue weighted by Gasteiger charge is -2.13. The molecular weight excluding hydrogens is 392 g/mol. The molecule has 0 atom stereocenters. The third kappa shape index (κ3) is 4.07. The summed E-state index contributed by atoms with van der Waals surface area (Å²) < 4.78 is 12.5. The lowest BCUT2D eigenvalue weighted by molar-refractivity contribution is 0.102. The van der Waals surface area contributed by atoms with Crippen LogP contribution in [0.25, 0.3) is 22.2 Å². The van der Waals surface area contributed by atoms with Crippen molar-refractivity contribution < 1.29 is 14.3 Å². The largest absolute Gasteiger partial charge is 0.493 e. The monoisotopic (exact) mass is 416 g/mol. The highest BCUT2D eigenvalue weighted by atomic mass is 16.5. The summed E-state index contributed by atoms with van der Waals surface area (Å²) in [5.41, 5.74) is 2.78. The van der Waals surface area contributed by atoms with E-state index in [0.717, 1.165) is 29.4 Å². The highest BCUT2D eigenvalue weighted by molar-refractivity contribution is 6.12. The molecule has 0 saturated heterocycles. The van der Waals surface area contributed by atoms with Gasteiger partial charge >= 0.3 is 0 Å². The number of carbonyl (C=O) groups is 1. The Morgan fingerprint density at radius 1 is 1.03 bits per heavy atom. The number of pyridine rings is 1. The van der Waals surface area contributed by atoms with Crippen LogP contribution in [-0.2, 0) is 6.54 Å². The second kappa shape index (κ2) is 8.87. The van der Waals surface area contributed by atoms with Crippen molar-refractivity contribution in [1.29, 1.82) is 0 Å². The minimum Gasteiger partial charge on any atom is -0.493 e. The first-order valence-corrected chi connectivity index (χ1v) is 10.1. The van der Waals surface area contributed by atoms with Crippen molar-refractivity contribution in [3.05, 3.63) is 66.4 Å². The Morgan fingerprint density at radius 2 is 1.84 bits per heavy atom. The van der Waals surface area contributed by atoms with Gasteiger partial charge in [-0.2, -0.15) is 5.10 Å². The molecule has 1 amide bonds. The molecule has 2 heterocycles. The zero-order valence-electron chi connectivity index (χ0n) is 17.8. The van der Waals surface area contributed by atoms with Crippen LogP contribution in [0.15, 0.2) is 60.8 Å². The van der Waals surface area contributed by atoms with Crippen LogP contribution in [0.4, 0.5) is 5.82 Å². The molecule has 158 valence electrons. The number of aryl methyl sites for hydroxylation is 1. The lowest BCUT2D eigenvalue weighted by atomic mass is 10.0. The van der Waals surface area contributed by atoms with Gasteiger partial charge in [-0.3, -0.25) is 4.79 Å². The first kappa shape index (κ1) is 20.4. The maximum atomic E-state index is 13.3. The van der Waals surface area contributed by atoms with E-state index < -0.39 is 0 Å². The fraction of sp³-hybridized carbons (Fsp3) is 0.208. The van der Waals surface area contributed by atoms with E-state index in [2.05, 4.69) is 17.3 Å². The summed E-state index contributed by atoms with van der Waals surface area (Å²) in [6, 6.07) is 16.8. The van der Waals surface area contributed by atoms with Crippen LogP contribution in [0.3, 0.4) is 0 Å². The van der Waals surface area contributed by atoms with Gasteiger partial charge < -0.3 is 14.8 Å². The smallest absolute Gasteiger partial charge is 0.257 e. The Labute approximate surface area is 180 Å². The van der Waals surface area contributed by atoms with Gasteiger partial charge in [0.2, 0.25) is 0 Å². The number of aromatic nitrogens is 3. The number of anilines is 1. The summed E-state index contributed by atoms with van der Waals surface area (Å²) >= 11 is 0. The maximum absolute atomic E-state index is 13.3. The van der Waals surface area contributed by atoms with Crippen LogP contribution >= 0.6 is 0 Å². The van der Waals surface area contributed by atoms with Crippen LogP contribution < -0.4 is 14.8 Å². The molecule has 0 aliphatic rings. The normalized spacial score (nSPS) is 10.8. The zero-order chi connectivity index (χ0) is 21.8. The molecule has 0 bridgehead atoms. The molecule has 0 saturated carbocycles. The maximum Gasteiger partial charge on any atom is 0.257 e. The van der Waals surface area contributed by atoms with Gasteiger partial charge in [-0.05, 0) is 36.8 Å². The Kier molecular flexibility index (Phi) is 5.84. The number of nitrogens with one attached hydrogen (secondary N) is 1. The fourth-order valence-electron chi connectivity index (χ4n) is 3.52. The molecule has 7 nitrogen and oxygen atoms in total. The van der Waals surface area contributed by atoms with Crippen molar-refractivity contribution in [2.45, 2.75) is 19.9 Å². The van der Waals surface area contributed by atoms with Crippen molar-refractivity contribution in [3.63, 3.8) is 0 Å². The summed E-state index contributed by atoms with van der Waals surface area (Å²) in [5, 5.41) is 8.05. The van der Waals surface area contributed by atoms with E-state index >= 15 is 0 Å². The van der Waals surface area contributed by atoms with E-state index in [1.54, 1.807) is 37.2 Å². The van der Waals surface area contributed by atoms with E-state index in [1.807, 2.05) is 42.5 Å². The third-order valence-corrected chi connectivity index (χ3v) is 5.03. The predicted molar refractivity (Wildman–Crippen MR) is 121 cm³/mol. The average molecular weight is 416 g/mol. The van der Waals surface area contributed by atoms with Gasteiger partial charge in [-0.25, -0.2) is 9.67 Å². The number of methoxy groups -OCH3 is 2. The van der Waals surface area contributed by atoms with Crippen LogP contribution in [0, 0.1) is 0 Å². The van der Waals surface area contributed by atoms with Crippen molar-refractivity contribution in [2.75, 3.05) is 19.5 Å². The minimum absolute atomic E-state index is 0.210. The van der Waals surface area contributed by atoms with Crippen LogP contribution in [0.5, 0.6) is 11.5 Å². The molecule has 2 aromatic carbocycles. The SMILES string of the molecule is CCCn1nccc1NC(=O)c1cc(-c2ccc(OC)c(OC)c2)nc2ccccc12. The van der Waals surface area contributed by atoms with Crippen molar-refractivity contribution >= 4 is 22.6 Å². The van der Waals surface area contributed by atoms with E-state index in [4.69, 9.17) is 14.5 Å². The Hall–Kier alpha value is -3.87. The van der Waals surface area contributed by atoms with Crippen LogP contribution in [0.1, 0.15) is 23.7 Å². The highest BCUT2D eigenvalue weighted by Crippen LogP contribution is 2.33. The Bertz CT molecular complexity index is 1230. The molecule has 0 aliphatic carbocycles. The molecule has 0 radical (unpaired) electrons. The number of fused-ring (bicyclic) bond motifs is 1. The van der Waals surface area contributed by atoms with E-state index in [1.165, 1.54) is 0 Å². The number of carbonyl (C=O) groups excluding carboxylic acids is 1. The van der Waals surface area contributed by atoms with E-state index in [0.29, 0.717) is 28.6 Å². The van der Waals surface area contributed by atoms with Gasteiger partial charge in [-0.1, -0.05) is 25.1 Å². The van der Waals surface area contributed by atoms with Gasteiger partial charge in [0.05, 0.1) is 37.2 Å². The van der Waals surface area contributed by atoms with Gasteiger partial charge in [0.25, 0.3) is 5.91 Å². The molecule has 0 spiro atoms. The Balaban J connectivity index is 1.78. The molecule has 31 heavy (non-hydrogen) atoms. The van der Waals surface area contributed by atoms with Gasteiger partial charge in [0, 0.05) is 23.6 Å². The molecule has 4 rings (SSSR count). The average Bonchev–Trinajstić information content (AvgIpc) is 3.24. The van der Waals surface area contributed by atoms with E-state index in [-0.39, 0.29) is 5.91 Å². The molecule has 4 aromatic rings. The number of ether oxygens (including phenoxy) is 2. The number of amides is 1. The van der Waals surface area contributed by atoms with E-state index in [9.17, 15) is 4.79 Å². The molecule has 7 heteroatoms. The molecule has 2 aromatic heterocycles. The van der Waals surface area contributed by atoms with Crippen LogP contribution in [-0.4, -0.2) is 34.9 Å². The second-order valence-corrected chi connectivity index (χ2v) is 7.04. The Morgan fingerprint density at radius 3 is 2.61 bits per heavy atom.